The van der Waals surface area contributed by atoms with Crippen molar-refractivity contribution in [2.45, 2.75) is 56.8 Å². The Labute approximate surface area is 166 Å². The zero-order valence-corrected chi connectivity index (χ0v) is 15.7. The number of rotatable bonds is 5. The van der Waals surface area contributed by atoms with Gasteiger partial charge in [-0.1, -0.05) is 0 Å². The van der Waals surface area contributed by atoms with Gasteiger partial charge >= 0.3 is 5.97 Å². The number of fused-ring (bicyclic) bond motifs is 1. The fourth-order valence-corrected chi connectivity index (χ4v) is 4.32. The van der Waals surface area contributed by atoms with Crippen molar-refractivity contribution in [3.63, 3.8) is 0 Å². The minimum absolute atomic E-state index is 0.0310. The van der Waals surface area contributed by atoms with Crippen LogP contribution in [0.3, 0.4) is 0 Å². The molecule has 8 nitrogen and oxygen atoms in total. The average Bonchev–Trinajstić information content (AvgIpc) is 3.22. The van der Waals surface area contributed by atoms with Gasteiger partial charge in [0.2, 0.25) is 0 Å². The molecule has 29 heavy (non-hydrogen) atoms. The lowest BCUT2D eigenvalue weighted by Crippen LogP contribution is -2.53. The zero-order valence-electron chi connectivity index (χ0n) is 15.7. The Hall–Kier alpha value is -2.14. The van der Waals surface area contributed by atoms with E-state index in [4.69, 9.17) is 15.6 Å². The standard InChI is InChI=1S/C19H24F2N4O4/c20-11-1-2-14(21)13(3-11)18-15(22)4-12(9-29-18)24-5-10-6-25(23-16(10)7-24)8-17(26)19(27)28/h1-2,6,12-13,15,17-18,26H,3-5,7-9,22H2,(H,27,28)/t12-,13?,15+,17+,18-/m1/s1. The van der Waals surface area contributed by atoms with Gasteiger partial charge in [0.1, 0.15) is 11.7 Å². The number of halogens is 2. The van der Waals surface area contributed by atoms with Crippen molar-refractivity contribution in [2.24, 2.45) is 11.7 Å². The summed E-state index contributed by atoms with van der Waals surface area (Å²) >= 11 is 0. The van der Waals surface area contributed by atoms with Crippen LogP contribution < -0.4 is 5.73 Å². The summed E-state index contributed by atoms with van der Waals surface area (Å²) in [5.74, 6) is -2.74. The van der Waals surface area contributed by atoms with E-state index in [1.807, 2.05) is 0 Å². The molecule has 0 radical (unpaired) electrons. The quantitative estimate of drug-likeness (QED) is 0.660. The van der Waals surface area contributed by atoms with Crippen molar-refractivity contribution in [1.82, 2.24) is 14.7 Å². The first-order valence-electron chi connectivity index (χ1n) is 9.61. The van der Waals surface area contributed by atoms with E-state index in [0.717, 1.165) is 23.4 Å². The maximum Gasteiger partial charge on any atom is 0.334 e. The van der Waals surface area contributed by atoms with Crippen molar-refractivity contribution in [2.75, 3.05) is 6.61 Å². The Morgan fingerprint density at radius 2 is 2.17 bits per heavy atom. The molecule has 1 unspecified atom stereocenters. The topological polar surface area (TPSA) is 114 Å². The highest BCUT2D eigenvalue weighted by Gasteiger charge is 2.40. The normalized spacial score (nSPS) is 31.2. The van der Waals surface area contributed by atoms with Gasteiger partial charge in [-0.25, -0.2) is 13.6 Å². The van der Waals surface area contributed by atoms with E-state index in [1.54, 1.807) is 6.20 Å². The first kappa shape index (κ1) is 20.1. The lowest BCUT2D eigenvalue weighted by molar-refractivity contribution is -0.147. The number of aromatic nitrogens is 2. The minimum atomic E-state index is -1.50. The Bertz CT molecular complexity index is 832. The summed E-state index contributed by atoms with van der Waals surface area (Å²) in [5, 5.41) is 22.6. The molecular weight excluding hydrogens is 386 g/mol. The van der Waals surface area contributed by atoms with E-state index in [-0.39, 0.29) is 24.8 Å². The highest BCUT2D eigenvalue weighted by molar-refractivity contribution is 5.71. The molecular formula is C19H24F2N4O4. The molecule has 4 N–H and O–H groups in total. The number of carboxylic acid groups (broad SMARTS) is 1. The van der Waals surface area contributed by atoms with Crippen LogP contribution in [-0.4, -0.2) is 61.8 Å². The molecule has 1 aliphatic carbocycles. The van der Waals surface area contributed by atoms with Gasteiger partial charge in [-0.05, 0) is 18.6 Å². The number of aliphatic carboxylic acids is 1. The van der Waals surface area contributed by atoms with E-state index in [0.29, 0.717) is 26.1 Å². The molecule has 1 aromatic rings. The van der Waals surface area contributed by atoms with E-state index in [9.17, 15) is 18.7 Å². The molecule has 1 fully saturated rings. The number of hydrogen-bond acceptors (Lipinski definition) is 6. The second kappa shape index (κ2) is 7.94. The molecule has 0 saturated carbocycles. The molecule has 3 aliphatic rings. The highest BCUT2D eigenvalue weighted by Crippen LogP contribution is 2.36. The summed E-state index contributed by atoms with van der Waals surface area (Å²) in [5.41, 5.74) is 8.06. The monoisotopic (exact) mass is 410 g/mol. The first-order chi connectivity index (χ1) is 13.8. The number of carbonyl (C=O) groups is 1. The SMILES string of the molecule is N[C@H]1C[C@@H](N2Cc3cn(C[C@H](O)C(=O)O)nc3C2)CO[C@@H]1C1CC(F)=CC=C1F. The number of nitrogens with zero attached hydrogens (tertiary/aromatic N) is 3. The van der Waals surface area contributed by atoms with Gasteiger partial charge in [-0.2, -0.15) is 5.10 Å². The van der Waals surface area contributed by atoms with Gasteiger partial charge in [0.25, 0.3) is 0 Å². The van der Waals surface area contributed by atoms with Crippen LogP contribution in [0.1, 0.15) is 24.1 Å². The largest absolute Gasteiger partial charge is 0.479 e. The van der Waals surface area contributed by atoms with Gasteiger partial charge in [0.05, 0.1) is 24.9 Å². The molecule has 0 amide bonds. The molecule has 0 aromatic carbocycles. The maximum absolute atomic E-state index is 14.1. The lowest BCUT2D eigenvalue weighted by atomic mass is 9.85. The lowest BCUT2D eigenvalue weighted by Gasteiger charge is -2.41. The van der Waals surface area contributed by atoms with Crippen LogP contribution in [-0.2, 0) is 29.2 Å². The van der Waals surface area contributed by atoms with Crippen LogP contribution in [0, 0.1) is 5.92 Å². The zero-order chi connectivity index (χ0) is 20.7. The fraction of sp³-hybridized carbons (Fsp3) is 0.579. The summed E-state index contributed by atoms with van der Waals surface area (Å²) < 4.78 is 35.0. The van der Waals surface area contributed by atoms with Crippen LogP contribution in [0.25, 0.3) is 0 Å². The fourth-order valence-electron chi connectivity index (χ4n) is 4.32. The smallest absolute Gasteiger partial charge is 0.334 e. The molecule has 158 valence electrons. The number of hydrogen-bond donors (Lipinski definition) is 3. The Balaban J connectivity index is 1.34. The molecule has 1 saturated heterocycles. The second-order valence-corrected chi connectivity index (χ2v) is 7.91. The van der Waals surface area contributed by atoms with Crippen LogP contribution in [0.4, 0.5) is 8.78 Å². The highest BCUT2D eigenvalue weighted by atomic mass is 19.1. The molecule has 5 atom stereocenters. The number of aliphatic hydroxyl groups excluding tert-OH is 1. The van der Waals surface area contributed by atoms with Gasteiger partial charge in [0, 0.05) is 49.3 Å². The van der Waals surface area contributed by atoms with Crippen molar-refractivity contribution < 1.29 is 28.5 Å². The summed E-state index contributed by atoms with van der Waals surface area (Å²) in [6, 6.07) is -0.382. The van der Waals surface area contributed by atoms with Gasteiger partial charge in [-0.15, -0.1) is 0 Å². The summed E-state index contributed by atoms with van der Waals surface area (Å²) in [4.78, 5) is 12.9. The van der Waals surface area contributed by atoms with E-state index < -0.39 is 36.0 Å². The second-order valence-electron chi connectivity index (χ2n) is 7.91. The Kier molecular flexibility index (Phi) is 5.52. The third-order valence-electron chi connectivity index (χ3n) is 5.85. The molecule has 10 heteroatoms. The van der Waals surface area contributed by atoms with Crippen LogP contribution >= 0.6 is 0 Å². The summed E-state index contributed by atoms with van der Waals surface area (Å²) in [7, 11) is 0. The molecule has 4 rings (SSSR count). The average molecular weight is 410 g/mol. The molecule has 0 spiro atoms. The third-order valence-corrected chi connectivity index (χ3v) is 5.85. The van der Waals surface area contributed by atoms with Gasteiger partial charge in [-0.3, -0.25) is 9.58 Å². The predicted molar refractivity (Wildman–Crippen MR) is 97.7 cm³/mol. The van der Waals surface area contributed by atoms with Gasteiger partial charge in [0.15, 0.2) is 6.10 Å². The van der Waals surface area contributed by atoms with Crippen molar-refractivity contribution in [3.8, 4) is 0 Å². The van der Waals surface area contributed by atoms with Crippen LogP contribution in [0.5, 0.6) is 0 Å². The predicted octanol–water partition coefficient (Wildman–Crippen LogP) is 0.856. The van der Waals surface area contributed by atoms with E-state index in [2.05, 4.69) is 10.00 Å². The maximum atomic E-state index is 14.1. The summed E-state index contributed by atoms with van der Waals surface area (Å²) in [6.07, 6.45) is 2.53. The number of ether oxygens (including phenoxy) is 1. The molecule has 0 bridgehead atoms. The molecule has 2 aliphatic heterocycles. The minimum Gasteiger partial charge on any atom is -0.479 e. The van der Waals surface area contributed by atoms with Crippen LogP contribution in [0.15, 0.2) is 30.0 Å². The van der Waals surface area contributed by atoms with Gasteiger partial charge < -0.3 is 20.7 Å². The van der Waals surface area contributed by atoms with Crippen molar-refractivity contribution in [1.29, 1.82) is 0 Å². The number of nitrogens with two attached hydrogens (primary N) is 1. The number of carboxylic acids is 1. The Morgan fingerprint density at radius 1 is 1.38 bits per heavy atom. The third kappa shape index (κ3) is 4.11. The summed E-state index contributed by atoms with van der Waals surface area (Å²) in [6.45, 7) is 1.44. The number of aliphatic hydroxyl groups is 1. The van der Waals surface area contributed by atoms with E-state index in [1.165, 1.54) is 4.68 Å². The Morgan fingerprint density at radius 3 is 2.86 bits per heavy atom. The van der Waals surface area contributed by atoms with Crippen molar-refractivity contribution >= 4 is 5.97 Å². The number of allylic oxidation sites excluding steroid dienone is 3. The van der Waals surface area contributed by atoms with Crippen molar-refractivity contribution in [3.05, 3.63) is 41.3 Å². The molecule has 3 heterocycles. The van der Waals surface area contributed by atoms with Crippen LogP contribution in [0.2, 0.25) is 0 Å². The first-order valence-corrected chi connectivity index (χ1v) is 9.61. The van der Waals surface area contributed by atoms with E-state index >= 15 is 0 Å². The molecule has 1 aromatic heterocycles.